The number of halogens is 1. The Morgan fingerprint density at radius 3 is 2.71 bits per heavy atom. The summed E-state index contributed by atoms with van der Waals surface area (Å²) < 4.78 is 1.75. The van der Waals surface area contributed by atoms with Crippen LogP contribution in [0.1, 0.15) is 13.8 Å². The van der Waals surface area contributed by atoms with E-state index in [0.29, 0.717) is 22.8 Å². The van der Waals surface area contributed by atoms with Gasteiger partial charge >= 0.3 is 0 Å². The molecule has 2 aromatic rings. The van der Waals surface area contributed by atoms with Gasteiger partial charge < -0.3 is 4.90 Å². The van der Waals surface area contributed by atoms with E-state index in [9.17, 15) is 0 Å². The maximum absolute atomic E-state index is 6.01. The lowest BCUT2D eigenvalue weighted by Crippen LogP contribution is -2.22. The molecular formula is C11H14ClN5. The summed E-state index contributed by atoms with van der Waals surface area (Å²) >= 11 is 6.01. The highest BCUT2D eigenvalue weighted by molar-refractivity contribution is 6.29. The Morgan fingerprint density at radius 2 is 2.00 bits per heavy atom. The lowest BCUT2D eigenvalue weighted by atomic mass is 10.0. The number of hydrogen-bond acceptors (Lipinski definition) is 4. The summed E-state index contributed by atoms with van der Waals surface area (Å²) in [4.78, 5) is 10.5. The Labute approximate surface area is 104 Å². The molecule has 2 unspecified atom stereocenters. The third-order valence-corrected chi connectivity index (χ3v) is 3.71. The Balaban J connectivity index is 2.08. The maximum Gasteiger partial charge on any atom is 0.255 e. The molecule has 0 saturated carbocycles. The van der Waals surface area contributed by atoms with Crippen LogP contribution in [0, 0.1) is 11.8 Å². The molecule has 1 saturated heterocycles. The Morgan fingerprint density at radius 1 is 1.29 bits per heavy atom. The lowest BCUT2D eigenvalue weighted by molar-refractivity contribution is 0.494. The molecule has 0 bridgehead atoms. The third kappa shape index (κ3) is 1.74. The molecule has 0 radical (unpaired) electrons. The summed E-state index contributed by atoms with van der Waals surface area (Å²) in [5.41, 5.74) is 0. The van der Waals surface area contributed by atoms with Gasteiger partial charge in [0.1, 0.15) is 17.3 Å². The van der Waals surface area contributed by atoms with Crippen LogP contribution in [-0.4, -0.2) is 32.7 Å². The van der Waals surface area contributed by atoms with Crippen LogP contribution in [0.2, 0.25) is 5.15 Å². The number of fused-ring (bicyclic) bond motifs is 1. The van der Waals surface area contributed by atoms with E-state index in [0.717, 1.165) is 18.9 Å². The molecule has 6 heteroatoms. The summed E-state index contributed by atoms with van der Waals surface area (Å²) in [5, 5.41) is 4.66. The highest BCUT2D eigenvalue weighted by Crippen LogP contribution is 2.28. The molecule has 0 N–H and O–H groups in total. The van der Waals surface area contributed by atoms with Crippen molar-refractivity contribution >= 4 is 23.2 Å². The first-order valence-corrected chi connectivity index (χ1v) is 6.14. The Kier molecular flexibility index (Phi) is 2.43. The first-order valence-electron chi connectivity index (χ1n) is 5.76. The van der Waals surface area contributed by atoms with E-state index in [4.69, 9.17) is 11.6 Å². The van der Waals surface area contributed by atoms with Gasteiger partial charge in [-0.15, -0.1) is 0 Å². The van der Waals surface area contributed by atoms with Gasteiger partial charge in [0.05, 0.1) is 0 Å². The lowest BCUT2D eigenvalue weighted by Gasteiger charge is -2.18. The van der Waals surface area contributed by atoms with E-state index in [1.54, 1.807) is 4.52 Å². The van der Waals surface area contributed by atoms with Crippen molar-refractivity contribution in [2.75, 3.05) is 18.0 Å². The molecule has 90 valence electrons. The maximum atomic E-state index is 6.01. The Bertz CT molecular complexity index is 542. The molecule has 2 atom stereocenters. The average molecular weight is 252 g/mol. The molecule has 0 aliphatic carbocycles. The van der Waals surface area contributed by atoms with Crippen molar-refractivity contribution in [3.8, 4) is 0 Å². The van der Waals surface area contributed by atoms with Crippen molar-refractivity contribution in [2.24, 2.45) is 11.8 Å². The van der Waals surface area contributed by atoms with E-state index in [1.165, 1.54) is 6.33 Å². The smallest absolute Gasteiger partial charge is 0.255 e. The summed E-state index contributed by atoms with van der Waals surface area (Å²) in [7, 11) is 0. The van der Waals surface area contributed by atoms with Gasteiger partial charge in [0, 0.05) is 19.2 Å². The van der Waals surface area contributed by atoms with Gasteiger partial charge in [-0.05, 0) is 11.8 Å². The molecule has 2 aromatic heterocycles. The largest absolute Gasteiger partial charge is 0.356 e. The van der Waals surface area contributed by atoms with Crippen molar-refractivity contribution in [3.05, 3.63) is 17.5 Å². The normalized spacial score (nSPS) is 24.8. The zero-order valence-corrected chi connectivity index (χ0v) is 10.6. The minimum atomic E-state index is 0.465. The fourth-order valence-electron chi connectivity index (χ4n) is 2.31. The Hall–Kier alpha value is -1.36. The molecule has 5 nitrogen and oxygen atoms in total. The van der Waals surface area contributed by atoms with Crippen molar-refractivity contribution < 1.29 is 0 Å². The summed E-state index contributed by atoms with van der Waals surface area (Å²) in [6.07, 6.45) is 1.51. The number of rotatable bonds is 1. The van der Waals surface area contributed by atoms with Crippen LogP contribution >= 0.6 is 11.6 Å². The van der Waals surface area contributed by atoms with Gasteiger partial charge in [-0.25, -0.2) is 0 Å². The van der Waals surface area contributed by atoms with Crippen molar-refractivity contribution in [1.29, 1.82) is 0 Å². The zero-order chi connectivity index (χ0) is 12.0. The number of anilines is 1. The van der Waals surface area contributed by atoms with Crippen LogP contribution in [0.3, 0.4) is 0 Å². The van der Waals surface area contributed by atoms with Gasteiger partial charge in [0.25, 0.3) is 5.78 Å². The molecule has 0 aromatic carbocycles. The molecule has 0 amide bonds. The van der Waals surface area contributed by atoms with Crippen molar-refractivity contribution in [2.45, 2.75) is 13.8 Å². The fourth-order valence-corrected chi connectivity index (χ4v) is 2.48. The third-order valence-electron chi connectivity index (χ3n) is 3.51. The predicted octanol–water partition coefficient (Wildman–Crippen LogP) is 1.87. The van der Waals surface area contributed by atoms with E-state index < -0.39 is 0 Å². The van der Waals surface area contributed by atoms with Crippen LogP contribution in [0.15, 0.2) is 12.4 Å². The fraction of sp³-hybridized carbons (Fsp3) is 0.545. The molecule has 3 heterocycles. The summed E-state index contributed by atoms with van der Waals surface area (Å²) in [5.74, 6) is 2.90. The van der Waals surface area contributed by atoms with Crippen LogP contribution in [0.4, 0.5) is 5.82 Å². The van der Waals surface area contributed by atoms with E-state index in [1.807, 2.05) is 6.07 Å². The standard InChI is InChI=1S/C11H14ClN5/c1-7-4-16(5-8(7)2)10-3-9(12)15-11-13-6-14-17(10)11/h3,6-8H,4-5H2,1-2H3. The molecular weight excluding hydrogens is 238 g/mol. The van der Waals surface area contributed by atoms with Crippen LogP contribution < -0.4 is 4.90 Å². The summed E-state index contributed by atoms with van der Waals surface area (Å²) in [6, 6.07) is 1.86. The molecule has 17 heavy (non-hydrogen) atoms. The van der Waals surface area contributed by atoms with Crippen LogP contribution in [0.25, 0.3) is 5.78 Å². The molecule has 0 spiro atoms. The van der Waals surface area contributed by atoms with Crippen LogP contribution in [-0.2, 0) is 0 Å². The SMILES string of the molecule is CC1CN(c2cc(Cl)nc3ncnn23)CC1C. The minimum absolute atomic E-state index is 0.465. The minimum Gasteiger partial charge on any atom is -0.356 e. The number of hydrogen-bond donors (Lipinski definition) is 0. The average Bonchev–Trinajstić information content (AvgIpc) is 2.85. The monoisotopic (exact) mass is 251 g/mol. The van der Waals surface area contributed by atoms with Gasteiger partial charge in [-0.2, -0.15) is 19.6 Å². The van der Waals surface area contributed by atoms with Crippen LogP contribution in [0.5, 0.6) is 0 Å². The van der Waals surface area contributed by atoms with Gasteiger partial charge in [-0.1, -0.05) is 25.4 Å². The number of nitrogens with zero attached hydrogens (tertiary/aromatic N) is 5. The summed E-state index contributed by atoms with van der Waals surface area (Å²) in [6.45, 7) is 6.59. The van der Waals surface area contributed by atoms with Gasteiger partial charge in [-0.3, -0.25) is 0 Å². The second-order valence-electron chi connectivity index (χ2n) is 4.77. The topological polar surface area (TPSA) is 46.3 Å². The van der Waals surface area contributed by atoms with Gasteiger partial charge in [0.2, 0.25) is 0 Å². The molecule has 3 rings (SSSR count). The second kappa shape index (κ2) is 3.84. The van der Waals surface area contributed by atoms with E-state index in [-0.39, 0.29) is 0 Å². The predicted molar refractivity (Wildman–Crippen MR) is 66.3 cm³/mol. The second-order valence-corrected chi connectivity index (χ2v) is 5.16. The highest BCUT2D eigenvalue weighted by atomic mass is 35.5. The highest BCUT2D eigenvalue weighted by Gasteiger charge is 2.28. The first kappa shape index (κ1) is 10.8. The van der Waals surface area contributed by atoms with E-state index in [2.05, 4.69) is 33.8 Å². The van der Waals surface area contributed by atoms with E-state index >= 15 is 0 Å². The number of aromatic nitrogens is 4. The van der Waals surface area contributed by atoms with Gasteiger partial charge in [0.15, 0.2) is 0 Å². The molecule has 1 aliphatic rings. The zero-order valence-electron chi connectivity index (χ0n) is 9.84. The quantitative estimate of drug-likeness (QED) is 0.726. The van der Waals surface area contributed by atoms with Crippen molar-refractivity contribution in [1.82, 2.24) is 19.6 Å². The first-order chi connectivity index (χ1) is 8.15. The molecule has 1 fully saturated rings. The molecule has 1 aliphatic heterocycles. The van der Waals surface area contributed by atoms with Crippen molar-refractivity contribution in [3.63, 3.8) is 0 Å².